The molecule has 31 heavy (non-hydrogen) atoms. The minimum absolute atomic E-state index is 0.0738. The van der Waals surface area contributed by atoms with E-state index in [2.05, 4.69) is 25.7 Å². The Morgan fingerprint density at radius 3 is 2.65 bits per heavy atom. The molecule has 0 aliphatic heterocycles. The topological polar surface area (TPSA) is 93.1 Å². The molecule has 4 rings (SSSR count). The molecule has 0 bridgehead atoms. The molecule has 1 saturated carbocycles. The van der Waals surface area contributed by atoms with E-state index in [1.807, 2.05) is 25.1 Å². The molecule has 1 heterocycles. The molecule has 0 saturated heterocycles. The van der Waals surface area contributed by atoms with Gasteiger partial charge in [0.05, 0.1) is 15.9 Å². The van der Waals surface area contributed by atoms with Crippen LogP contribution >= 0.6 is 0 Å². The molecule has 7 nitrogen and oxygen atoms in total. The Hall–Kier alpha value is -2.97. The maximum atomic E-state index is 12.2. The SMILES string of the molecule is Cc1nc2ccccc2n1CCCNC(=O)/C=C/c1ccc(S(=O)(=O)NC2CC2)cc1. The number of para-hydroxylation sites is 2. The molecule has 8 heteroatoms. The lowest BCUT2D eigenvalue weighted by atomic mass is 10.2. The minimum Gasteiger partial charge on any atom is -0.352 e. The fraction of sp³-hybridized carbons (Fsp3) is 0.304. The number of nitrogens with one attached hydrogen (secondary N) is 2. The first-order valence-corrected chi connectivity index (χ1v) is 11.9. The van der Waals surface area contributed by atoms with E-state index in [9.17, 15) is 13.2 Å². The standard InChI is InChI=1S/C23H26N4O3S/c1-17-25-21-5-2-3-6-22(21)27(17)16-4-15-24-23(28)14-9-18-7-12-20(13-8-18)31(29,30)26-19-10-11-19/h2-3,5-9,12-14,19,26H,4,10-11,15-16H2,1H3,(H,24,28)/b14-9+. The highest BCUT2D eigenvalue weighted by Crippen LogP contribution is 2.22. The van der Waals surface area contributed by atoms with Gasteiger partial charge < -0.3 is 9.88 Å². The second-order valence-electron chi connectivity index (χ2n) is 7.74. The zero-order valence-corrected chi connectivity index (χ0v) is 18.2. The van der Waals surface area contributed by atoms with Crippen molar-refractivity contribution < 1.29 is 13.2 Å². The number of fused-ring (bicyclic) bond motifs is 1. The quantitative estimate of drug-likeness (QED) is 0.397. The molecule has 1 aliphatic rings. The number of carbonyl (C=O) groups is 1. The van der Waals surface area contributed by atoms with E-state index in [4.69, 9.17) is 0 Å². The largest absolute Gasteiger partial charge is 0.352 e. The highest BCUT2D eigenvalue weighted by Gasteiger charge is 2.27. The summed E-state index contributed by atoms with van der Waals surface area (Å²) in [5.41, 5.74) is 2.85. The molecule has 0 atom stereocenters. The van der Waals surface area contributed by atoms with E-state index in [-0.39, 0.29) is 16.8 Å². The number of aryl methyl sites for hydroxylation is 2. The number of aromatic nitrogens is 2. The van der Waals surface area contributed by atoms with Gasteiger partial charge in [0, 0.05) is 25.2 Å². The van der Waals surface area contributed by atoms with Gasteiger partial charge in [0.1, 0.15) is 5.82 Å². The van der Waals surface area contributed by atoms with Crippen LogP contribution in [0.4, 0.5) is 0 Å². The summed E-state index contributed by atoms with van der Waals surface area (Å²) in [6.07, 6.45) is 5.72. The van der Waals surface area contributed by atoms with Gasteiger partial charge in [-0.3, -0.25) is 4.79 Å². The van der Waals surface area contributed by atoms with Crippen molar-refractivity contribution >= 4 is 33.0 Å². The van der Waals surface area contributed by atoms with Gasteiger partial charge in [-0.15, -0.1) is 0 Å². The van der Waals surface area contributed by atoms with Crippen LogP contribution in [-0.2, 0) is 21.4 Å². The molecule has 2 aromatic carbocycles. The van der Waals surface area contributed by atoms with Crippen molar-refractivity contribution in [2.45, 2.75) is 43.7 Å². The predicted octanol–water partition coefficient (Wildman–Crippen LogP) is 3.01. The zero-order chi connectivity index (χ0) is 21.8. The van der Waals surface area contributed by atoms with Crippen molar-refractivity contribution in [1.29, 1.82) is 0 Å². The van der Waals surface area contributed by atoms with Crippen LogP contribution in [0.2, 0.25) is 0 Å². The maximum Gasteiger partial charge on any atom is 0.244 e. The van der Waals surface area contributed by atoms with Crippen molar-refractivity contribution in [2.75, 3.05) is 6.54 Å². The van der Waals surface area contributed by atoms with Crippen molar-refractivity contribution in [1.82, 2.24) is 19.6 Å². The first-order valence-electron chi connectivity index (χ1n) is 10.4. The minimum atomic E-state index is -3.46. The fourth-order valence-corrected chi connectivity index (χ4v) is 4.71. The van der Waals surface area contributed by atoms with E-state index >= 15 is 0 Å². The number of hydrogen-bond donors (Lipinski definition) is 2. The molecular weight excluding hydrogens is 412 g/mol. The molecule has 0 unspecified atom stereocenters. The molecular formula is C23H26N4O3S. The van der Waals surface area contributed by atoms with Gasteiger partial charge in [0.25, 0.3) is 0 Å². The van der Waals surface area contributed by atoms with Gasteiger partial charge >= 0.3 is 0 Å². The lowest BCUT2D eigenvalue weighted by molar-refractivity contribution is -0.116. The van der Waals surface area contributed by atoms with Crippen molar-refractivity contribution in [2.24, 2.45) is 0 Å². The van der Waals surface area contributed by atoms with E-state index in [0.29, 0.717) is 6.54 Å². The maximum absolute atomic E-state index is 12.2. The average Bonchev–Trinajstić information content (AvgIpc) is 3.50. The normalized spacial score (nSPS) is 14.4. The lowest BCUT2D eigenvalue weighted by Gasteiger charge is -2.07. The zero-order valence-electron chi connectivity index (χ0n) is 17.4. The number of hydrogen-bond acceptors (Lipinski definition) is 4. The molecule has 0 radical (unpaired) electrons. The number of imidazole rings is 1. The Bertz CT molecular complexity index is 1210. The molecule has 2 N–H and O–H groups in total. The first kappa shape index (κ1) is 21.3. The Morgan fingerprint density at radius 1 is 1.16 bits per heavy atom. The van der Waals surface area contributed by atoms with Gasteiger partial charge in [0.15, 0.2) is 0 Å². The van der Waals surface area contributed by atoms with E-state index in [1.165, 1.54) is 6.08 Å². The van der Waals surface area contributed by atoms with Crippen LogP contribution in [0.1, 0.15) is 30.7 Å². The smallest absolute Gasteiger partial charge is 0.244 e. The Balaban J connectivity index is 1.25. The fourth-order valence-electron chi connectivity index (χ4n) is 3.40. The molecule has 1 aliphatic carbocycles. The van der Waals surface area contributed by atoms with Gasteiger partial charge in [-0.25, -0.2) is 18.1 Å². The number of sulfonamides is 1. The summed E-state index contributed by atoms with van der Waals surface area (Å²) in [7, 11) is -3.46. The van der Waals surface area contributed by atoms with Crippen LogP contribution < -0.4 is 10.0 Å². The van der Waals surface area contributed by atoms with Gasteiger partial charge in [-0.1, -0.05) is 24.3 Å². The van der Waals surface area contributed by atoms with Crippen LogP contribution in [-0.4, -0.2) is 36.5 Å². The summed E-state index contributed by atoms with van der Waals surface area (Å²) >= 11 is 0. The number of rotatable bonds is 9. The van der Waals surface area contributed by atoms with Gasteiger partial charge in [-0.05, 0) is 62.1 Å². The first-order chi connectivity index (χ1) is 14.9. The van der Waals surface area contributed by atoms with Gasteiger partial charge in [0.2, 0.25) is 15.9 Å². The Morgan fingerprint density at radius 2 is 1.90 bits per heavy atom. The van der Waals surface area contributed by atoms with Crippen LogP contribution in [0.25, 0.3) is 17.1 Å². The average molecular weight is 439 g/mol. The van der Waals surface area contributed by atoms with Crippen LogP contribution in [0.15, 0.2) is 59.5 Å². The summed E-state index contributed by atoms with van der Waals surface area (Å²) < 4.78 is 29.2. The number of nitrogens with zero attached hydrogens (tertiary/aromatic N) is 2. The molecule has 1 aromatic heterocycles. The third kappa shape index (κ3) is 5.39. The third-order valence-corrected chi connectivity index (χ3v) is 6.76. The van der Waals surface area contributed by atoms with E-state index < -0.39 is 10.0 Å². The van der Waals surface area contributed by atoms with Crippen molar-refractivity contribution in [3.05, 3.63) is 66.0 Å². The predicted molar refractivity (Wildman–Crippen MR) is 121 cm³/mol. The van der Waals surface area contributed by atoms with Crippen molar-refractivity contribution in [3.63, 3.8) is 0 Å². The highest BCUT2D eigenvalue weighted by molar-refractivity contribution is 7.89. The lowest BCUT2D eigenvalue weighted by Crippen LogP contribution is -2.25. The third-order valence-electron chi connectivity index (χ3n) is 5.22. The van der Waals surface area contributed by atoms with E-state index in [0.717, 1.165) is 48.2 Å². The van der Waals surface area contributed by atoms with Gasteiger partial charge in [-0.2, -0.15) is 0 Å². The molecule has 162 valence electrons. The molecule has 3 aromatic rings. The number of amides is 1. The highest BCUT2D eigenvalue weighted by atomic mass is 32.2. The van der Waals surface area contributed by atoms with Crippen LogP contribution in [0, 0.1) is 6.92 Å². The second kappa shape index (κ2) is 9.03. The van der Waals surface area contributed by atoms with Crippen LogP contribution in [0.5, 0.6) is 0 Å². The molecule has 1 fully saturated rings. The summed E-state index contributed by atoms with van der Waals surface area (Å²) in [4.78, 5) is 16.9. The summed E-state index contributed by atoms with van der Waals surface area (Å²) in [6, 6.07) is 14.6. The summed E-state index contributed by atoms with van der Waals surface area (Å²) in [5, 5.41) is 2.88. The van der Waals surface area contributed by atoms with E-state index in [1.54, 1.807) is 30.3 Å². The Kier molecular flexibility index (Phi) is 6.20. The second-order valence-corrected chi connectivity index (χ2v) is 9.46. The summed E-state index contributed by atoms with van der Waals surface area (Å²) in [5.74, 6) is 0.782. The van der Waals surface area contributed by atoms with Crippen LogP contribution in [0.3, 0.4) is 0 Å². The number of benzene rings is 2. The molecule has 0 spiro atoms. The summed E-state index contributed by atoms with van der Waals surface area (Å²) in [6.45, 7) is 3.32. The number of carbonyl (C=O) groups excluding carboxylic acids is 1. The van der Waals surface area contributed by atoms with Crippen molar-refractivity contribution in [3.8, 4) is 0 Å². The monoisotopic (exact) mass is 438 g/mol. The molecule has 1 amide bonds. The Labute approximate surface area is 182 Å².